The maximum absolute atomic E-state index is 12.4. The molecular formula is C18H30N4O3. The molecule has 0 unspecified atom stereocenters. The zero-order chi connectivity index (χ0) is 18.4. The fourth-order valence-electron chi connectivity index (χ4n) is 3.15. The normalized spacial score (nSPS) is 18.0. The molecule has 25 heavy (non-hydrogen) atoms. The molecule has 1 saturated heterocycles. The Balaban J connectivity index is 1.73. The molecule has 140 valence electrons. The van der Waals surface area contributed by atoms with Crippen molar-refractivity contribution in [2.45, 2.75) is 39.5 Å². The molecule has 0 spiro atoms. The van der Waals surface area contributed by atoms with Crippen LogP contribution in [-0.2, 0) is 16.0 Å². The van der Waals surface area contributed by atoms with Gasteiger partial charge in [0, 0.05) is 38.2 Å². The second kappa shape index (κ2) is 8.99. The van der Waals surface area contributed by atoms with Crippen molar-refractivity contribution >= 4 is 11.8 Å². The van der Waals surface area contributed by atoms with Gasteiger partial charge in [-0.1, -0.05) is 5.16 Å². The number of aryl methyl sites for hydroxylation is 2. The van der Waals surface area contributed by atoms with Crippen LogP contribution in [0.5, 0.6) is 0 Å². The summed E-state index contributed by atoms with van der Waals surface area (Å²) < 4.78 is 5.15. The maximum atomic E-state index is 12.4. The topological polar surface area (TPSA) is 78.7 Å². The highest BCUT2D eigenvalue weighted by Gasteiger charge is 2.29. The lowest BCUT2D eigenvalue weighted by Gasteiger charge is -2.32. The van der Waals surface area contributed by atoms with Crippen LogP contribution in [0.4, 0.5) is 0 Å². The van der Waals surface area contributed by atoms with Crippen molar-refractivity contribution in [3.8, 4) is 0 Å². The van der Waals surface area contributed by atoms with Gasteiger partial charge in [-0.25, -0.2) is 0 Å². The molecule has 1 aromatic heterocycles. The monoisotopic (exact) mass is 350 g/mol. The number of likely N-dealkylation sites (N-methyl/N-ethyl adjacent to an activating group) is 1. The Labute approximate surface area is 149 Å². The molecule has 7 heteroatoms. The molecule has 0 saturated carbocycles. The number of aromatic nitrogens is 1. The van der Waals surface area contributed by atoms with Gasteiger partial charge >= 0.3 is 0 Å². The zero-order valence-corrected chi connectivity index (χ0v) is 15.8. The molecule has 0 bridgehead atoms. The summed E-state index contributed by atoms with van der Waals surface area (Å²) in [5.74, 6) is 0.968. The van der Waals surface area contributed by atoms with Crippen LogP contribution in [0.25, 0.3) is 0 Å². The van der Waals surface area contributed by atoms with Crippen LogP contribution >= 0.6 is 0 Å². The summed E-state index contributed by atoms with van der Waals surface area (Å²) in [6.45, 7) is 6.51. The van der Waals surface area contributed by atoms with Gasteiger partial charge in [0.25, 0.3) is 0 Å². The first-order chi connectivity index (χ1) is 11.9. The van der Waals surface area contributed by atoms with E-state index in [2.05, 4.69) is 10.5 Å². The van der Waals surface area contributed by atoms with Gasteiger partial charge in [-0.2, -0.15) is 0 Å². The zero-order valence-electron chi connectivity index (χ0n) is 15.8. The minimum absolute atomic E-state index is 0.0566. The van der Waals surface area contributed by atoms with Crippen LogP contribution in [0.1, 0.15) is 36.3 Å². The Morgan fingerprint density at radius 1 is 1.40 bits per heavy atom. The quantitative estimate of drug-likeness (QED) is 0.711. The maximum Gasteiger partial charge on any atom is 0.224 e. The summed E-state index contributed by atoms with van der Waals surface area (Å²) in [6.07, 6.45) is 2.81. The molecule has 0 aromatic carbocycles. The Morgan fingerprint density at radius 2 is 2.16 bits per heavy atom. The molecule has 1 aliphatic rings. The second-order valence-electron chi connectivity index (χ2n) is 7.08. The predicted octanol–water partition coefficient (Wildman–Crippen LogP) is 1.14. The van der Waals surface area contributed by atoms with E-state index >= 15 is 0 Å². The number of carbonyl (C=O) groups excluding carboxylic acids is 2. The summed E-state index contributed by atoms with van der Waals surface area (Å²) >= 11 is 0. The summed E-state index contributed by atoms with van der Waals surface area (Å²) in [6, 6.07) is 0. The largest absolute Gasteiger partial charge is 0.361 e. The molecule has 0 aliphatic carbocycles. The van der Waals surface area contributed by atoms with Crippen molar-refractivity contribution in [3.63, 3.8) is 0 Å². The lowest BCUT2D eigenvalue weighted by Crippen LogP contribution is -2.47. The van der Waals surface area contributed by atoms with Crippen molar-refractivity contribution in [3.05, 3.63) is 17.0 Å². The van der Waals surface area contributed by atoms with Crippen molar-refractivity contribution in [2.75, 3.05) is 40.3 Å². The molecule has 0 radical (unpaired) electrons. The minimum atomic E-state index is -0.0982. The summed E-state index contributed by atoms with van der Waals surface area (Å²) in [4.78, 5) is 28.2. The van der Waals surface area contributed by atoms with Gasteiger partial charge in [0.2, 0.25) is 11.8 Å². The average Bonchev–Trinajstić information content (AvgIpc) is 2.89. The van der Waals surface area contributed by atoms with Crippen molar-refractivity contribution in [2.24, 2.45) is 5.92 Å². The van der Waals surface area contributed by atoms with Gasteiger partial charge in [-0.3, -0.25) is 9.59 Å². The third-order valence-corrected chi connectivity index (χ3v) is 4.77. The van der Waals surface area contributed by atoms with Gasteiger partial charge < -0.3 is 19.6 Å². The Morgan fingerprint density at radius 3 is 2.80 bits per heavy atom. The van der Waals surface area contributed by atoms with Crippen LogP contribution in [0.15, 0.2) is 4.52 Å². The minimum Gasteiger partial charge on any atom is -0.361 e. The Kier molecular flexibility index (Phi) is 6.99. The molecule has 1 atom stereocenters. The molecule has 1 aromatic rings. The highest BCUT2D eigenvalue weighted by molar-refractivity contribution is 5.83. The number of hydrogen-bond acceptors (Lipinski definition) is 5. The number of carbonyl (C=O) groups is 2. The van der Waals surface area contributed by atoms with Crippen LogP contribution in [-0.4, -0.2) is 67.0 Å². The van der Waals surface area contributed by atoms with Gasteiger partial charge in [-0.05, 0) is 47.2 Å². The fourth-order valence-corrected chi connectivity index (χ4v) is 3.15. The Bertz CT molecular complexity index is 578. The fraction of sp³-hybridized carbons (Fsp3) is 0.722. The van der Waals surface area contributed by atoms with Crippen molar-refractivity contribution < 1.29 is 14.1 Å². The lowest BCUT2D eigenvalue weighted by atomic mass is 9.96. The number of amides is 2. The number of likely N-dealkylation sites (tertiary alicyclic amines) is 1. The molecule has 2 rings (SSSR count). The van der Waals surface area contributed by atoms with E-state index in [1.54, 1.807) is 0 Å². The molecule has 7 nitrogen and oxygen atoms in total. The summed E-state index contributed by atoms with van der Waals surface area (Å²) in [5, 5.41) is 6.96. The Hall–Kier alpha value is -1.89. The molecule has 1 N–H and O–H groups in total. The van der Waals surface area contributed by atoms with Crippen LogP contribution in [0, 0.1) is 19.8 Å². The first kappa shape index (κ1) is 19.4. The SMILES string of the molecule is Cc1noc(C)c1CCCNC(=O)[C@@H]1CCC(=O)N(CCN(C)C)C1. The number of rotatable bonds is 8. The highest BCUT2D eigenvalue weighted by Crippen LogP contribution is 2.18. The molecule has 2 heterocycles. The van der Waals surface area contributed by atoms with Gasteiger partial charge in [0.05, 0.1) is 11.6 Å². The van der Waals surface area contributed by atoms with E-state index < -0.39 is 0 Å². The molecule has 1 fully saturated rings. The van der Waals surface area contributed by atoms with E-state index in [9.17, 15) is 9.59 Å². The standard InChI is InChI=1S/C18H30N4O3/c1-13-16(14(2)25-20-13)6-5-9-19-18(24)15-7-8-17(23)22(12-15)11-10-21(3)4/h15H,5-12H2,1-4H3,(H,19,24)/t15-/m1/s1. The number of nitrogens with one attached hydrogen (secondary N) is 1. The number of hydrogen-bond donors (Lipinski definition) is 1. The summed E-state index contributed by atoms with van der Waals surface area (Å²) in [7, 11) is 3.97. The molecule has 2 amide bonds. The van der Waals surface area contributed by atoms with Gasteiger partial charge in [0.15, 0.2) is 0 Å². The predicted molar refractivity (Wildman–Crippen MR) is 95.2 cm³/mol. The molecular weight excluding hydrogens is 320 g/mol. The highest BCUT2D eigenvalue weighted by atomic mass is 16.5. The van der Waals surface area contributed by atoms with Crippen LogP contribution < -0.4 is 5.32 Å². The third-order valence-electron chi connectivity index (χ3n) is 4.77. The summed E-state index contributed by atoms with van der Waals surface area (Å²) in [5.41, 5.74) is 2.05. The van der Waals surface area contributed by atoms with Gasteiger partial charge in [0.1, 0.15) is 5.76 Å². The first-order valence-corrected chi connectivity index (χ1v) is 9.00. The first-order valence-electron chi connectivity index (χ1n) is 9.00. The van der Waals surface area contributed by atoms with Crippen molar-refractivity contribution in [1.29, 1.82) is 0 Å². The van der Waals surface area contributed by atoms with E-state index in [1.807, 2.05) is 37.7 Å². The molecule has 1 aliphatic heterocycles. The van der Waals surface area contributed by atoms with E-state index in [4.69, 9.17) is 4.52 Å². The van der Waals surface area contributed by atoms with E-state index in [1.165, 1.54) is 0 Å². The van der Waals surface area contributed by atoms with E-state index in [-0.39, 0.29) is 17.7 Å². The van der Waals surface area contributed by atoms with Gasteiger partial charge in [-0.15, -0.1) is 0 Å². The smallest absolute Gasteiger partial charge is 0.224 e. The van der Waals surface area contributed by atoms with E-state index in [0.29, 0.717) is 32.5 Å². The lowest BCUT2D eigenvalue weighted by molar-refractivity contribution is -0.138. The third kappa shape index (κ3) is 5.56. The number of nitrogens with zero attached hydrogens (tertiary/aromatic N) is 3. The number of piperidine rings is 1. The second-order valence-corrected chi connectivity index (χ2v) is 7.08. The van der Waals surface area contributed by atoms with Crippen molar-refractivity contribution in [1.82, 2.24) is 20.3 Å². The van der Waals surface area contributed by atoms with E-state index in [0.717, 1.165) is 36.4 Å². The van der Waals surface area contributed by atoms with Crippen LogP contribution in [0.3, 0.4) is 0 Å². The van der Waals surface area contributed by atoms with Crippen LogP contribution in [0.2, 0.25) is 0 Å². The average molecular weight is 350 g/mol.